The number of anilines is 2. The molecule has 136 heavy (non-hydrogen) atoms. The zero-order valence-electron chi connectivity index (χ0n) is 78.0. The molecule has 2 unspecified atom stereocenters. The molecule has 0 bridgehead atoms. The van der Waals surface area contributed by atoms with E-state index in [1.807, 2.05) is 44.7 Å². The number of hydrogen-bond donors (Lipinski definition) is 7. The molecule has 4 fully saturated rings. The van der Waals surface area contributed by atoms with Crippen molar-refractivity contribution in [3.05, 3.63) is 221 Å². The molecular weight excluding hydrogens is 1850 g/mol. The number of aliphatic carboxylic acids is 1. The SMILES string of the molecule is Cc1cc(Cc2ncc(Cl)c(Cc3ccccc3S(=O)(=O)C(C)C)n2)c(OC(C)C)cc1C1CCN(CC(=O)NCCOCCNc2cccc3c2C(=O)N(C2CCC(=O)NC2=O)C3=O)CC1.Cc1cc(Cc2ncc(Cl)c(Cc3ccccc3S(=O)(=O)C(C)C)n2)c(OC(C)C)cc1C1CCN(CC(=O)O)CC1.Cl.NCCOCCNc1cccc2c1C(=O)N(C1CCC(=O)NC1=O)C2=O. The Morgan fingerprint density at radius 1 is 0.507 bits per heavy atom. The van der Waals surface area contributed by atoms with Gasteiger partial charge in [0.2, 0.25) is 29.5 Å². The molecule has 728 valence electrons. The van der Waals surface area contributed by atoms with Gasteiger partial charge in [-0.15, -0.1) is 12.4 Å². The summed E-state index contributed by atoms with van der Waals surface area (Å²) in [6, 6.07) is 30.3. The number of nitrogens with one attached hydrogen (secondary N) is 5. The number of piperidine rings is 4. The van der Waals surface area contributed by atoms with Crippen molar-refractivity contribution in [1.29, 1.82) is 0 Å². The van der Waals surface area contributed by atoms with E-state index < -0.39 is 95.5 Å². The van der Waals surface area contributed by atoms with E-state index in [2.05, 4.69) is 79.6 Å². The lowest BCUT2D eigenvalue weighted by molar-refractivity contribution is -0.139. The number of carbonyl (C=O) groups excluding carboxylic acids is 9. The lowest BCUT2D eigenvalue weighted by Gasteiger charge is -2.33. The van der Waals surface area contributed by atoms with Crippen LogP contribution < -0.4 is 41.8 Å². The second-order valence-electron chi connectivity index (χ2n) is 35.3. The smallest absolute Gasteiger partial charge is 0.317 e. The first kappa shape index (κ1) is 105. The number of halogens is 3. The number of aryl methyl sites for hydroxylation is 2. The third-order valence-corrected chi connectivity index (χ3v) is 29.4. The summed E-state index contributed by atoms with van der Waals surface area (Å²) in [5, 5.41) is 22.3. The second kappa shape index (κ2) is 47.7. The van der Waals surface area contributed by atoms with Crippen LogP contribution in [-0.2, 0) is 83.6 Å². The number of ether oxygens (including phenoxy) is 4. The van der Waals surface area contributed by atoms with E-state index in [1.54, 1.807) is 113 Å². The highest BCUT2D eigenvalue weighted by Crippen LogP contribution is 2.41. The van der Waals surface area contributed by atoms with Crippen molar-refractivity contribution >= 4 is 126 Å². The summed E-state index contributed by atoms with van der Waals surface area (Å²) in [6.07, 6.45) is 8.26. The van der Waals surface area contributed by atoms with E-state index in [-0.39, 0.29) is 128 Å². The fourth-order valence-corrected chi connectivity index (χ4v) is 20.3. The van der Waals surface area contributed by atoms with Gasteiger partial charge in [0.1, 0.15) is 35.2 Å². The number of carboxylic acids is 1. The van der Waals surface area contributed by atoms with Gasteiger partial charge in [0.05, 0.1) is 116 Å². The van der Waals surface area contributed by atoms with E-state index in [4.69, 9.17) is 63.0 Å². The Labute approximate surface area is 808 Å². The molecule has 8 aromatic rings. The highest BCUT2D eigenvalue weighted by Gasteiger charge is 2.48. The zero-order chi connectivity index (χ0) is 97.3. The van der Waals surface area contributed by atoms with Gasteiger partial charge >= 0.3 is 5.97 Å². The molecule has 0 spiro atoms. The summed E-state index contributed by atoms with van der Waals surface area (Å²) in [7, 11) is -6.99. The maximum absolute atomic E-state index is 13.3. The van der Waals surface area contributed by atoms with Crippen LogP contribution in [0.1, 0.15) is 228 Å². The van der Waals surface area contributed by atoms with E-state index in [0.717, 1.165) is 95.4 Å². The van der Waals surface area contributed by atoms with Crippen LogP contribution in [0.4, 0.5) is 11.4 Å². The standard InChI is InChI=1S/C49H58ClN7O9S.C32H40ClN3O5S.C17H20N4O5.ClH/c1-29(2)66-41-26-36(31(5)23-34(41)25-43-53-27-37(50)39(54-43)24-33-9-6-7-12-42(33)67(63,64)30(3)4)32-15-19-56(20-16-32)28-45(59)52-18-22-65-21-17-51-38-11-8-10-35-46(38)49(62)57(48(35)61)40-13-14-44(58)55-47(40)60;1-20(2)41-29-17-26(23-10-12-36(13-11-23)19-32(37)38)22(5)14-25(29)16-31-34-18-27(33)28(35-31)15-24-8-6-7-9-30(24)42(39,40)21(3)4;18-6-8-26-9-7-19-11-3-1-2-10-14(11)17(25)21(16(10)24)12-4-5-13(22)20-15(12)23;/h6-12,23,26-27,29-30,32,40,51H,13-22,24-25,28H2,1-5H3,(H,52,59)(H,55,58,60);6-9,14,17-18,20-21,23H,10-13,15-16,19H2,1-5H3,(H,37,38);1-3,12,19H,4-9,18H2,(H,20,22,23);1H. The molecule has 9 amide bonds. The molecule has 38 heteroatoms. The normalized spacial score (nSPS) is 16.7. The summed E-state index contributed by atoms with van der Waals surface area (Å²) in [5.74, 6) is -1.94. The van der Waals surface area contributed by atoms with Crippen molar-refractivity contribution < 1.29 is 88.8 Å². The van der Waals surface area contributed by atoms with Crippen LogP contribution in [0.5, 0.6) is 11.5 Å². The van der Waals surface area contributed by atoms with Gasteiger partial charge in [-0.25, -0.2) is 36.8 Å². The number of carboxylic acid groups (broad SMARTS) is 1. The Balaban J connectivity index is 0.000000218. The Bertz CT molecular complexity index is 6010. The number of likely N-dealkylation sites (tertiary alicyclic amines) is 2. The maximum Gasteiger partial charge on any atom is 0.317 e. The van der Waals surface area contributed by atoms with Crippen molar-refractivity contribution in [3.8, 4) is 11.5 Å². The topological polar surface area (TPSA) is 447 Å². The van der Waals surface area contributed by atoms with Crippen LogP contribution in [0.15, 0.2) is 131 Å². The number of nitrogens with two attached hydrogens (primary N) is 1. The van der Waals surface area contributed by atoms with Crippen molar-refractivity contribution in [3.63, 3.8) is 0 Å². The third kappa shape index (κ3) is 26.2. The summed E-state index contributed by atoms with van der Waals surface area (Å²) in [6.45, 7) is 25.1. The van der Waals surface area contributed by atoms with Gasteiger partial charge in [-0.05, 0) is 228 Å². The number of hydrogen-bond acceptors (Lipinski definition) is 27. The predicted molar refractivity (Wildman–Crippen MR) is 515 cm³/mol. The van der Waals surface area contributed by atoms with Crippen LogP contribution >= 0.6 is 35.6 Å². The quantitative estimate of drug-likeness (QED) is 0.0140. The number of amides is 9. The Morgan fingerprint density at radius 2 is 0.904 bits per heavy atom. The summed E-state index contributed by atoms with van der Waals surface area (Å²) >= 11 is 13.1. The van der Waals surface area contributed by atoms with Gasteiger partial charge < -0.3 is 45.7 Å². The molecule has 6 aromatic carbocycles. The fraction of sp³-hybridized carbons (Fsp3) is 0.449. The van der Waals surface area contributed by atoms with E-state index in [9.17, 15) is 64.8 Å². The first-order chi connectivity index (χ1) is 64.4. The van der Waals surface area contributed by atoms with Gasteiger partial charge in [-0.1, -0.05) is 83.9 Å². The number of rotatable bonds is 37. The van der Waals surface area contributed by atoms with Crippen LogP contribution in [0.3, 0.4) is 0 Å². The third-order valence-electron chi connectivity index (χ3n) is 24.2. The van der Waals surface area contributed by atoms with Crippen LogP contribution in [0.2, 0.25) is 10.0 Å². The lowest BCUT2D eigenvalue weighted by atomic mass is 9.85. The van der Waals surface area contributed by atoms with Crippen molar-refractivity contribution in [2.45, 2.75) is 203 Å². The average molecular weight is 1970 g/mol. The van der Waals surface area contributed by atoms with E-state index in [0.29, 0.717) is 119 Å². The molecule has 2 atom stereocenters. The van der Waals surface area contributed by atoms with Crippen LogP contribution in [-0.4, -0.2) is 247 Å². The molecule has 2 aromatic heterocycles. The zero-order valence-corrected chi connectivity index (χ0v) is 81.9. The van der Waals surface area contributed by atoms with Crippen molar-refractivity contribution in [1.82, 2.24) is 55.5 Å². The maximum atomic E-state index is 13.3. The summed E-state index contributed by atoms with van der Waals surface area (Å²) in [4.78, 5) is 149. The minimum Gasteiger partial charge on any atom is -0.491 e. The second-order valence-corrected chi connectivity index (χ2v) is 41.1. The molecule has 0 saturated carbocycles. The number of benzene rings is 6. The van der Waals surface area contributed by atoms with Gasteiger partial charge in [0, 0.05) is 99.6 Å². The summed E-state index contributed by atoms with van der Waals surface area (Å²) < 4.78 is 75.9. The van der Waals surface area contributed by atoms with Gasteiger partial charge in [0.15, 0.2) is 19.7 Å². The molecule has 8 N–H and O–H groups in total. The molecule has 8 heterocycles. The molecule has 14 rings (SSSR count). The van der Waals surface area contributed by atoms with Crippen LogP contribution in [0, 0.1) is 13.8 Å². The van der Waals surface area contributed by atoms with Gasteiger partial charge in [-0.3, -0.25) is 78.2 Å². The average Bonchev–Trinajstić information content (AvgIpc) is 1.60. The number of carbonyl (C=O) groups is 10. The minimum atomic E-state index is -3.52. The number of imide groups is 4. The molecule has 0 radical (unpaired) electrons. The highest BCUT2D eigenvalue weighted by atomic mass is 35.5. The van der Waals surface area contributed by atoms with Crippen LogP contribution in [0.25, 0.3) is 0 Å². The summed E-state index contributed by atoms with van der Waals surface area (Å²) in [5.41, 5.74) is 16.2. The van der Waals surface area contributed by atoms with Crippen molar-refractivity contribution in [2.75, 3.05) is 103 Å². The Kier molecular flexibility index (Phi) is 36.9. The van der Waals surface area contributed by atoms with Gasteiger partial charge in [0.25, 0.3) is 23.6 Å². The monoisotopic (exact) mass is 1960 g/mol. The molecule has 0 aliphatic carbocycles. The number of nitrogens with zero attached hydrogens (tertiary/aromatic N) is 8. The largest absolute Gasteiger partial charge is 0.491 e. The molecule has 4 saturated heterocycles. The van der Waals surface area contributed by atoms with E-state index in [1.165, 1.54) is 11.1 Å². The lowest BCUT2D eigenvalue weighted by Crippen LogP contribution is -2.54. The molecule has 6 aliphatic heterocycles. The molecular formula is C98H119Cl3N14O19S2. The van der Waals surface area contributed by atoms with E-state index >= 15 is 0 Å². The Hall–Kier alpha value is -11.3. The Morgan fingerprint density at radius 3 is 1.29 bits per heavy atom. The molecule has 33 nitrogen and oxygen atoms in total. The number of sulfone groups is 2. The fourth-order valence-electron chi connectivity index (χ4n) is 17.4. The minimum absolute atomic E-state index is 0. The number of aromatic nitrogens is 4. The first-order valence-electron chi connectivity index (χ1n) is 45.6. The first-order valence-corrected chi connectivity index (χ1v) is 49.5. The van der Waals surface area contributed by atoms with Crippen molar-refractivity contribution in [2.24, 2.45) is 5.73 Å². The predicted octanol–water partition coefficient (Wildman–Crippen LogP) is 11.2. The highest BCUT2D eigenvalue weighted by molar-refractivity contribution is 7.92. The number of fused-ring (bicyclic) bond motifs is 2. The molecule has 6 aliphatic rings. The van der Waals surface area contributed by atoms with Gasteiger partial charge in [-0.2, -0.15) is 0 Å².